The Morgan fingerprint density at radius 3 is 2.33 bits per heavy atom. The number of hydrogen-bond donors (Lipinski definition) is 4. The van der Waals surface area contributed by atoms with E-state index in [0.29, 0.717) is 17.3 Å². The summed E-state index contributed by atoms with van der Waals surface area (Å²) in [6.07, 6.45) is -4.68. The first-order valence-electron chi connectivity index (χ1n) is 9.51. The predicted octanol–water partition coefficient (Wildman–Crippen LogP) is 3.93. The van der Waals surface area contributed by atoms with E-state index in [4.69, 9.17) is 11.6 Å². The zero-order valence-corrected chi connectivity index (χ0v) is 17.3. The highest BCUT2D eigenvalue weighted by Gasteiger charge is 2.42. The number of anilines is 3. The van der Waals surface area contributed by atoms with Gasteiger partial charge in [0.15, 0.2) is 0 Å². The van der Waals surface area contributed by atoms with Gasteiger partial charge < -0.3 is 26.0 Å². The van der Waals surface area contributed by atoms with Crippen molar-refractivity contribution < 1.29 is 27.9 Å². The summed E-state index contributed by atoms with van der Waals surface area (Å²) in [5.74, 6) is -1.41. The number of carboxylic acid groups (broad SMARTS) is 1. The molecule has 7 nitrogen and oxygen atoms in total. The topological polar surface area (TPSA) is 105 Å². The largest absolute Gasteiger partial charge is 0.547 e. The SMILES string of the molecule is O=C(Nc1cccc(C2(C(=O)[O-])NNc3ccccc32)c1)Nc1ccc(Cl)c(C(F)(F)F)c1. The summed E-state index contributed by atoms with van der Waals surface area (Å²) in [7, 11) is 0. The van der Waals surface area contributed by atoms with Gasteiger partial charge >= 0.3 is 12.2 Å². The molecule has 3 aromatic rings. The number of rotatable bonds is 4. The first kappa shape index (κ1) is 22.4. The maximum absolute atomic E-state index is 13.0. The van der Waals surface area contributed by atoms with E-state index in [-0.39, 0.29) is 16.9 Å². The number of fused-ring (bicyclic) bond motifs is 1. The lowest BCUT2D eigenvalue weighted by atomic mass is 9.83. The van der Waals surface area contributed by atoms with Gasteiger partial charge in [0.05, 0.1) is 22.2 Å². The van der Waals surface area contributed by atoms with E-state index < -0.39 is 34.3 Å². The molecule has 1 aliphatic rings. The minimum atomic E-state index is -4.68. The molecular weight excluding hydrogens is 461 g/mol. The van der Waals surface area contributed by atoms with Crippen LogP contribution in [0.5, 0.6) is 0 Å². The van der Waals surface area contributed by atoms with Crippen molar-refractivity contribution in [1.82, 2.24) is 5.43 Å². The molecule has 4 N–H and O–H groups in total. The van der Waals surface area contributed by atoms with Crippen LogP contribution in [0.4, 0.5) is 35.0 Å². The van der Waals surface area contributed by atoms with E-state index >= 15 is 0 Å². The molecule has 170 valence electrons. The van der Waals surface area contributed by atoms with Crippen LogP contribution in [-0.4, -0.2) is 12.0 Å². The molecule has 0 aliphatic carbocycles. The molecule has 0 aromatic heterocycles. The predicted molar refractivity (Wildman–Crippen MR) is 115 cm³/mol. The third kappa shape index (κ3) is 4.18. The Morgan fingerprint density at radius 2 is 1.64 bits per heavy atom. The number of carboxylic acids is 1. The number of amides is 2. The monoisotopic (exact) mass is 475 g/mol. The van der Waals surface area contributed by atoms with Crippen LogP contribution in [0, 0.1) is 0 Å². The van der Waals surface area contributed by atoms with Crippen LogP contribution >= 0.6 is 11.6 Å². The van der Waals surface area contributed by atoms with Crippen molar-refractivity contribution in [2.45, 2.75) is 11.7 Å². The van der Waals surface area contributed by atoms with E-state index in [2.05, 4.69) is 21.5 Å². The number of nitrogens with one attached hydrogen (secondary N) is 4. The highest BCUT2D eigenvalue weighted by atomic mass is 35.5. The number of urea groups is 1. The fourth-order valence-corrected chi connectivity index (χ4v) is 3.82. The maximum Gasteiger partial charge on any atom is 0.417 e. The van der Waals surface area contributed by atoms with Gasteiger partial charge in [-0.2, -0.15) is 13.2 Å². The van der Waals surface area contributed by atoms with Gasteiger partial charge in [-0.05, 0) is 42.0 Å². The summed E-state index contributed by atoms with van der Waals surface area (Å²) < 4.78 is 39.1. The van der Waals surface area contributed by atoms with Gasteiger partial charge in [0.1, 0.15) is 5.54 Å². The molecule has 0 bridgehead atoms. The van der Waals surface area contributed by atoms with Crippen molar-refractivity contribution in [3.05, 3.63) is 88.4 Å². The molecule has 0 radical (unpaired) electrons. The van der Waals surface area contributed by atoms with Gasteiger partial charge in [-0.15, -0.1) is 0 Å². The first-order valence-corrected chi connectivity index (χ1v) is 9.88. The number of hydrogen-bond acceptors (Lipinski definition) is 5. The normalized spacial score (nSPS) is 17.1. The molecule has 1 atom stereocenters. The Kier molecular flexibility index (Phi) is 5.64. The highest BCUT2D eigenvalue weighted by Crippen LogP contribution is 2.39. The van der Waals surface area contributed by atoms with Crippen LogP contribution < -0.4 is 26.6 Å². The lowest BCUT2D eigenvalue weighted by molar-refractivity contribution is -0.313. The van der Waals surface area contributed by atoms with Crippen LogP contribution in [0.3, 0.4) is 0 Å². The second-order valence-electron chi connectivity index (χ2n) is 7.19. The second kappa shape index (κ2) is 8.30. The lowest BCUT2D eigenvalue weighted by Gasteiger charge is -2.31. The first-order chi connectivity index (χ1) is 15.6. The highest BCUT2D eigenvalue weighted by molar-refractivity contribution is 6.31. The van der Waals surface area contributed by atoms with Crippen LogP contribution in [0.2, 0.25) is 5.02 Å². The molecule has 0 fully saturated rings. The average molecular weight is 476 g/mol. The van der Waals surface area contributed by atoms with E-state index in [1.54, 1.807) is 30.3 Å². The summed E-state index contributed by atoms with van der Waals surface area (Å²) in [5.41, 5.74) is 4.08. The average Bonchev–Trinajstić information content (AvgIpc) is 3.15. The number of halogens is 4. The smallest absolute Gasteiger partial charge is 0.417 e. The summed E-state index contributed by atoms with van der Waals surface area (Å²) in [6.45, 7) is 0. The van der Waals surface area contributed by atoms with Crippen molar-refractivity contribution in [2.24, 2.45) is 0 Å². The molecule has 11 heteroatoms. The van der Waals surface area contributed by atoms with E-state index in [9.17, 15) is 27.9 Å². The molecular formula is C22H15ClF3N4O3-. The summed E-state index contributed by atoms with van der Waals surface area (Å²) in [5, 5.41) is 16.5. The fraction of sp³-hybridized carbons (Fsp3) is 0.0909. The fourth-order valence-electron chi connectivity index (χ4n) is 3.60. The summed E-state index contributed by atoms with van der Waals surface area (Å²) in [6, 6.07) is 14.9. The zero-order valence-electron chi connectivity index (χ0n) is 16.6. The molecule has 3 aromatic carbocycles. The number of hydrazine groups is 1. The Morgan fingerprint density at radius 1 is 0.939 bits per heavy atom. The van der Waals surface area contributed by atoms with Gasteiger partial charge in [-0.1, -0.05) is 41.9 Å². The van der Waals surface area contributed by atoms with Crippen molar-refractivity contribution in [1.29, 1.82) is 0 Å². The minimum Gasteiger partial charge on any atom is -0.547 e. The van der Waals surface area contributed by atoms with Gasteiger partial charge in [-0.25, -0.2) is 10.2 Å². The van der Waals surface area contributed by atoms with Crippen LogP contribution in [0.25, 0.3) is 0 Å². The molecule has 0 spiro atoms. The molecule has 0 saturated heterocycles. The van der Waals surface area contributed by atoms with E-state index in [0.717, 1.165) is 6.07 Å². The number of para-hydroxylation sites is 1. The van der Waals surface area contributed by atoms with Crippen molar-refractivity contribution in [3.8, 4) is 0 Å². The van der Waals surface area contributed by atoms with Gasteiger partial charge in [0.2, 0.25) is 0 Å². The van der Waals surface area contributed by atoms with Gasteiger partial charge in [0.25, 0.3) is 0 Å². The van der Waals surface area contributed by atoms with E-state index in [1.807, 2.05) is 0 Å². The Balaban J connectivity index is 1.58. The Labute approximate surface area is 190 Å². The molecule has 33 heavy (non-hydrogen) atoms. The van der Waals surface area contributed by atoms with Crippen LogP contribution in [0.15, 0.2) is 66.7 Å². The third-order valence-corrected chi connectivity index (χ3v) is 5.43. The Hall–Kier alpha value is -3.76. The van der Waals surface area contributed by atoms with Crippen molar-refractivity contribution in [2.75, 3.05) is 16.1 Å². The standard InChI is InChI=1S/C22H16ClF3N4O3/c23-17-9-8-14(11-16(17)22(24,25)26)28-20(33)27-13-5-3-4-12(10-13)21(19(31)32)15-6-1-2-7-18(15)29-30-21/h1-11,29-30H,(H,31,32)(H2,27,28,33)/p-1. The second-order valence-corrected chi connectivity index (χ2v) is 7.59. The van der Waals surface area contributed by atoms with Crippen LogP contribution in [-0.2, 0) is 16.5 Å². The number of aliphatic carboxylic acids is 1. The number of alkyl halides is 3. The Bertz CT molecular complexity index is 1250. The molecule has 1 aliphatic heterocycles. The van der Waals surface area contributed by atoms with Crippen LogP contribution in [0.1, 0.15) is 16.7 Å². The van der Waals surface area contributed by atoms with E-state index in [1.165, 1.54) is 24.3 Å². The molecule has 4 rings (SSSR count). The molecule has 2 amide bonds. The third-order valence-electron chi connectivity index (χ3n) is 5.11. The molecule has 1 unspecified atom stereocenters. The summed E-state index contributed by atoms with van der Waals surface area (Å²) >= 11 is 5.59. The maximum atomic E-state index is 13.0. The lowest BCUT2D eigenvalue weighted by Crippen LogP contribution is -2.54. The molecule has 0 saturated carbocycles. The van der Waals surface area contributed by atoms with Crippen molar-refractivity contribution in [3.63, 3.8) is 0 Å². The number of carbonyl (C=O) groups is 2. The zero-order chi connectivity index (χ0) is 23.8. The summed E-state index contributed by atoms with van der Waals surface area (Å²) in [4.78, 5) is 24.6. The number of benzene rings is 3. The minimum absolute atomic E-state index is 0.123. The van der Waals surface area contributed by atoms with Gasteiger partial charge in [0, 0.05) is 16.9 Å². The number of carbonyl (C=O) groups excluding carboxylic acids is 2. The molecule has 1 heterocycles. The quantitative estimate of drug-likeness (QED) is 0.457. The van der Waals surface area contributed by atoms with Gasteiger partial charge in [-0.3, -0.25) is 0 Å². The van der Waals surface area contributed by atoms with Crippen molar-refractivity contribution >= 4 is 40.7 Å².